The molecule has 25 heavy (non-hydrogen) atoms. The van der Waals surface area contributed by atoms with Crippen LogP contribution in [0.5, 0.6) is 5.75 Å². The third-order valence-electron chi connectivity index (χ3n) is 3.81. The van der Waals surface area contributed by atoms with Crippen LogP contribution in [0.25, 0.3) is 0 Å². The van der Waals surface area contributed by atoms with E-state index in [1.807, 2.05) is 0 Å². The van der Waals surface area contributed by atoms with Gasteiger partial charge in [-0.25, -0.2) is 0 Å². The molecule has 1 aromatic carbocycles. The van der Waals surface area contributed by atoms with E-state index in [1.54, 1.807) is 0 Å². The minimum absolute atomic E-state index is 0.132. The lowest BCUT2D eigenvalue weighted by Gasteiger charge is -2.32. The van der Waals surface area contributed by atoms with E-state index >= 15 is 0 Å². The van der Waals surface area contributed by atoms with Gasteiger partial charge in [-0.2, -0.15) is 8.42 Å². The van der Waals surface area contributed by atoms with Crippen molar-refractivity contribution in [3.05, 3.63) is 34.4 Å². The summed E-state index contributed by atoms with van der Waals surface area (Å²) in [7, 11) is -3.09. The summed E-state index contributed by atoms with van der Waals surface area (Å²) in [5.74, 6) is -1.41. The summed E-state index contributed by atoms with van der Waals surface area (Å²) >= 11 is 0. The third kappa shape index (κ3) is 3.40. The number of rotatable bonds is 5. The standard InChI is InChI=1S/C12H11N6O6S/c19-11(24-8-3-1-7(2-4-8)18(20)21)9-5-6-10(9)17(25(22)23)12-13-15-16-14-12/h1-4,9-10,25H,5-6H2/q+1. The van der Waals surface area contributed by atoms with E-state index in [4.69, 9.17) is 4.74 Å². The van der Waals surface area contributed by atoms with Gasteiger partial charge in [0.1, 0.15) is 11.8 Å². The molecule has 0 spiro atoms. The average Bonchev–Trinajstić information content (AvgIpc) is 3.05. The number of thiol groups is 1. The largest absolute Gasteiger partial charge is 0.491 e. The number of nitrogens with zero attached hydrogens (tertiary/aromatic N) is 6. The number of non-ortho nitro benzene ring substituents is 1. The van der Waals surface area contributed by atoms with Crippen LogP contribution < -0.4 is 4.74 Å². The Labute approximate surface area is 141 Å². The first-order valence-corrected chi connectivity index (χ1v) is 8.19. The van der Waals surface area contributed by atoms with Crippen molar-refractivity contribution in [1.29, 1.82) is 0 Å². The Morgan fingerprint density at radius 3 is 2.28 bits per heavy atom. The van der Waals surface area contributed by atoms with Crippen molar-refractivity contribution >= 4 is 28.5 Å². The van der Waals surface area contributed by atoms with E-state index in [2.05, 4.69) is 20.7 Å². The van der Waals surface area contributed by atoms with Gasteiger partial charge in [0.15, 0.2) is 0 Å². The summed E-state index contributed by atoms with van der Waals surface area (Å²) in [6.45, 7) is 0. The van der Waals surface area contributed by atoms with Gasteiger partial charge in [-0.15, -0.1) is 3.98 Å². The fraction of sp³-hybridized carbons (Fsp3) is 0.333. The molecule has 2 unspecified atom stereocenters. The van der Waals surface area contributed by atoms with Gasteiger partial charge in [-0.1, -0.05) is 0 Å². The predicted octanol–water partition coefficient (Wildman–Crippen LogP) is 1.01. The molecule has 2 atom stereocenters. The highest BCUT2D eigenvalue weighted by Gasteiger charge is 2.45. The molecule has 0 radical (unpaired) electrons. The molecule has 1 aliphatic heterocycles. The molecule has 12 nitrogen and oxygen atoms in total. The molecular weight excluding hydrogens is 356 g/mol. The van der Waals surface area contributed by atoms with Crippen molar-refractivity contribution in [2.24, 2.45) is 26.6 Å². The molecule has 0 saturated heterocycles. The highest BCUT2D eigenvalue weighted by atomic mass is 32.2. The molecule has 1 heterocycles. The fourth-order valence-electron chi connectivity index (χ4n) is 2.45. The first-order valence-electron chi connectivity index (χ1n) is 7.06. The minimum Gasteiger partial charge on any atom is -0.426 e. The molecule has 2 aliphatic rings. The smallest absolute Gasteiger partial charge is 0.426 e. The van der Waals surface area contributed by atoms with Crippen LogP contribution in [0, 0.1) is 16.0 Å². The quantitative estimate of drug-likeness (QED) is 0.204. The number of guanidine groups is 1. The Hall–Kier alpha value is -3.09. The van der Waals surface area contributed by atoms with Crippen LogP contribution in [0.15, 0.2) is 44.9 Å². The maximum absolute atomic E-state index is 12.3. The zero-order valence-corrected chi connectivity index (χ0v) is 13.4. The van der Waals surface area contributed by atoms with Crippen molar-refractivity contribution in [3.63, 3.8) is 0 Å². The molecule has 0 amide bonds. The lowest BCUT2D eigenvalue weighted by Crippen LogP contribution is -2.48. The number of esters is 1. The number of carbonyl (C=O) groups excluding carboxylic acids is 1. The topological polar surface area (TPSA) is 156 Å². The van der Waals surface area contributed by atoms with Crippen molar-refractivity contribution < 1.29 is 26.9 Å². The van der Waals surface area contributed by atoms with E-state index in [9.17, 15) is 23.3 Å². The number of nitro benzene ring substituents is 1. The molecule has 1 fully saturated rings. The molecule has 13 heteroatoms. The summed E-state index contributed by atoms with van der Waals surface area (Å²) in [6, 6.07) is 4.32. The zero-order valence-electron chi connectivity index (χ0n) is 12.5. The Bertz CT molecular complexity index is 868. The first kappa shape index (κ1) is 16.8. The minimum atomic E-state index is -3.09. The summed E-state index contributed by atoms with van der Waals surface area (Å²) in [5, 5.41) is 24.1. The summed E-state index contributed by atoms with van der Waals surface area (Å²) in [5.41, 5.74) is -0.135. The van der Waals surface area contributed by atoms with Gasteiger partial charge in [0.2, 0.25) is 0 Å². The van der Waals surface area contributed by atoms with Gasteiger partial charge in [0, 0.05) is 12.1 Å². The molecular formula is C12H11N6O6S+. The molecule has 0 aromatic heterocycles. The Balaban J connectivity index is 1.74. The second-order valence-corrected chi connectivity index (χ2v) is 6.09. The Kier molecular flexibility index (Phi) is 4.56. The Morgan fingerprint density at radius 1 is 1.16 bits per heavy atom. The third-order valence-corrected chi connectivity index (χ3v) is 4.64. The van der Waals surface area contributed by atoms with E-state index in [1.165, 1.54) is 24.3 Å². The van der Waals surface area contributed by atoms with Gasteiger partial charge in [0.25, 0.3) is 16.6 Å². The van der Waals surface area contributed by atoms with Crippen molar-refractivity contribution in [2.75, 3.05) is 0 Å². The number of hydrogen-bond donors (Lipinski definition) is 1. The van der Waals surface area contributed by atoms with Gasteiger partial charge in [-0.3, -0.25) is 14.9 Å². The van der Waals surface area contributed by atoms with E-state index in [0.717, 1.165) is 3.98 Å². The second kappa shape index (κ2) is 6.80. The van der Waals surface area contributed by atoms with Crippen LogP contribution in [0.2, 0.25) is 0 Å². The van der Waals surface area contributed by atoms with E-state index < -0.39 is 33.7 Å². The summed E-state index contributed by atoms with van der Waals surface area (Å²) < 4.78 is 29.0. The SMILES string of the molecule is O=C(Oc1ccc([N+](=O)[O-])cc1)C1CCC1[N+](=C1N=NN=N1)[SH](=O)=O. The zero-order chi connectivity index (χ0) is 18.0. The monoisotopic (exact) mass is 367 g/mol. The van der Waals surface area contributed by atoms with Gasteiger partial charge < -0.3 is 4.74 Å². The van der Waals surface area contributed by atoms with Crippen LogP contribution in [-0.2, 0) is 15.7 Å². The second-order valence-electron chi connectivity index (χ2n) is 5.18. The maximum atomic E-state index is 12.3. The van der Waals surface area contributed by atoms with Crippen LogP contribution >= 0.6 is 0 Å². The normalized spacial score (nSPS) is 21.2. The fourth-order valence-corrected chi connectivity index (χ4v) is 3.20. The molecule has 1 aliphatic carbocycles. The Morgan fingerprint density at radius 2 is 1.80 bits per heavy atom. The molecule has 0 bridgehead atoms. The van der Waals surface area contributed by atoms with Gasteiger partial charge >= 0.3 is 11.9 Å². The van der Waals surface area contributed by atoms with E-state index in [-0.39, 0.29) is 17.4 Å². The van der Waals surface area contributed by atoms with Crippen LogP contribution in [0.1, 0.15) is 12.8 Å². The molecule has 0 N–H and O–H groups in total. The first-order chi connectivity index (χ1) is 12.0. The molecule has 1 saturated carbocycles. The number of nitro groups is 1. The number of carbonyl (C=O) groups is 1. The van der Waals surface area contributed by atoms with E-state index in [0.29, 0.717) is 12.8 Å². The molecule has 130 valence electrons. The maximum Gasteiger partial charge on any atom is 0.491 e. The number of benzene rings is 1. The van der Waals surface area contributed by atoms with Crippen molar-refractivity contribution in [2.45, 2.75) is 18.9 Å². The lowest BCUT2D eigenvalue weighted by atomic mass is 9.80. The lowest BCUT2D eigenvalue weighted by molar-refractivity contribution is -0.440. The number of hydrogen-bond acceptors (Lipinski definition) is 8. The molecule has 3 rings (SSSR count). The summed E-state index contributed by atoms with van der Waals surface area (Å²) in [6.07, 6.45) is 0.857. The predicted molar refractivity (Wildman–Crippen MR) is 80.5 cm³/mol. The van der Waals surface area contributed by atoms with Crippen molar-refractivity contribution in [1.82, 2.24) is 0 Å². The highest BCUT2D eigenvalue weighted by Crippen LogP contribution is 2.33. The van der Waals surface area contributed by atoms with Crippen LogP contribution in [0.3, 0.4) is 0 Å². The van der Waals surface area contributed by atoms with Gasteiger partial charge in [-0.05, 0) is 25.0 Å². The average molecular weight is 367 g/mol. The van der Waals surface area contributed by atoms with Crippen molar-refractivity contribution in [3.8, 4) is 5.75 Å². The number of ether oxygens (including phenoxy) is 1. The van der Waals surface area contributed by atoms with Gasteiger partial charge in [0.05, 0.1) is 31.5 Å². The van der Waals surface area contributed by atoms with Crippen LogP contribution in [-0.4, -0.2) is 35.3 Å². The van der Waals surface area contributed by atoms with Crippen LogP contribution in [0.4, 0.5) is 5.69 Å². The molecule has 1 aromatic rings. The highest BCUT2D eigenvalue weighted by molar-refractivity contribution is 7.65. The summed E-state index contributed by atoms with van der Waals surface area (Å²) in [4.78, 5) is 22.3.